The van der Waals surface area contributed by atoms with Gasteiger partial charge in [-0.2, -0.15) is 0 Å². The molecule has 0 aliphatic carbocycles. The number of aryl methyl sites for hydroxylation is 3. The van der Waals surface area contributed by atoms with Crippen LogP contribution >= 0.6 is 0 Å². The highest BCUT2D eigenvalue weighted by molar-refractivity contribution is 5.41. The average Bonchev–Trinajstić information content (AvgIpc) is 3.15. The number of rotatable bonds is 3. The van der Waals surface area contributed by atoms with Crippen LogP contribution in [0.15, 0.2) is 4.52 Å². The summed E-state index contributed by atoms with van der Waals surface area (Å²) >= 11 is 0. The van der Waals surface area contributed by atoms with Gasteiger partial charge < -0.3 is 14.2 Å². The van der Waals surface area contributed by atoms with Crippen molar-refractivity contribution in [3.05, 3.63) is 34.0 Å². The fourth-order valence-corrected chi connectivity index (χ4v) is 4.17. The Morgan fingerprint density at radius 1 is 1.15 bits per heavy atom. The van der Waals surface area contributed by atoms with E-state index in [2.05, 4.69) is 22.0 Å². The Balaban J connectivity index is 1.65. The monoisotopic (exact) mass is 357 g/mol. The highest BCUT2D eigenvalue weighted by Crippen LogP contribution is 2.41. The highest BCUT2D eigenvalue weighted by Gasteiger charge is 2.45. The first-order valence-corrected chi connectivity index (χ1v) is 9.17. The van der Waals surface area contributed by atoms with Gasteiger partial charge in [-0.1, -0.05) is 5.16 Å². The third-order valence-electron chi connectivity index (χ3n) is 5.72. The molecular weight excluding hydrogens is 330 g/mol. The van der Waals surface area contributed by atoms with Crippen molar-refractivity contribution >= 4 is 5.95 Å². The second-order valence-electron chi connectivity index (χ2n) is 7.87. The summed E-state index contributed by atoms with van der Waals surface area (Å²) in [5.41, 5.74) is 5.51. The van der Waals surface area contributed by atoms with Crippen molar-refractivity contribution in [1.82, 2.24) is 20.0 Å². The van der Waals surface area contributed by atoms with Crippen LogP contribution in [0.2, 0.25) is 0 Å². The summed E-state index contributed by atoms with van der Waals surface area (Å²) in [6.45, 7) is 10.2. The predicted molar refractivity (Wildman–Crippen MR) is 98.3 cm³/mol. The van der Waals surface area contributed by atoms with Crippen molar-refractivity contribution in [2.75, 3.05) is 38.7 Å². The second kappa shape index (κ2) is 6.32. The van der Waals surface area contributed by atoms with E-state index in [0.717, 1.165) is 55.8 Å². The third-order valence-corrected chi connectivity index (χ3v) is 5.72. The van der Waals surface area contributed by atoms with E-state index in [1.165, 1.54) is 16.8 Å². The van der Waals surface area contributed by atoms with Gasteiger partial charge >= 0.3 is 0 Å². The number of anilines is 1. The standard InChI is InChI=1S/C19H27N5O2/c1-12-16-9-25-11-19(17(16)21-18(20-12)23(4)5)6-7-24(10-19)8-15-13(2)22-26-14(15)3/h6-11H2,1-5H3/t19-/m1/s1. The molecule has 7 heteroatoms. The first-order chi connectivity index (χ1) is 12.4. The second-order valence-corrected chi connectivity index (χ2v) is 7.87. The molecule has 1 saturated heterocycles. The van der Waals surface area contributed by atoms with Gasteiger partial charge in [-0.05, 0) is 33.7 Å². The zero-order valence-corrected chi connectivity index (χ0v) is 16.3. The SMILES string of the molecule is Cc1nc(N(C)C)nc2c1COC[C@]21CCN(Cc2c(C)noc2C)C1. The van der Waals surface area contributed by atoms with Crippen LogP contribution in [0.5, 0.6) is 0 Å². The third kappa shape index (κ3) is 2.79. The fourth-order valence-electron chi connectivity index (χ4n) is 4.17. The molecule has 0 radical (unpaired) electrons. The normalized spacial score (nSPS) is 22.8. The maximum absolute atomic E-state index is 5.99. The molecule has 0 saturated carbocycles. The maximum atomic E-state index is 5.99. The fraction of sp³-hybridized carbons (Fsp3) is 0.632. The van der Waals surface area contributed by atoms with Gasteiger partial charge in [0.25, 0.3) is 0 Å². The first kappa shape index (κ1) is 17.4. The van der Waals surface area contributed by atoms with Crippen LogP contribution in [-0.2, 0) is 23.3 Å². The summed E-state index contributed by atoms with van der Waals surface area (Å²) in [5, 5.41) is 4.09. The molecule has 1 spiro atoms. The molecule has 26 heavy (non-hydrogen) atoms. The van der Waals surface area contributed by atoms with E-state index in [1.807, 2.05) is 32.8 Å². The van der Waals surface area contributed by atoms with Gasteiger partial charge in [0.05, 0.1) is 30.0 Å². The zero-order chi connectivity index (χ0) is 18.5. The van der Waals surface area contributed by atoms with E-state index < -0.39 is 0 Å². The molecule has 4 rings (SSSR count). The molecule has 2 aromatic rings. The van der Waals surface area contributed by atoms with Crippen LogP contribution in [0.3, 0.4) is 0 Å². The van der Waals surface area contributed by atoms with Crippen LogP contribution < -0.4 is 4.90 Å². The number of hydrogen-bond acceptors (Lipinski definition) is 7. The van der Waals surface area contributed by atoms with Gasteiger partial charge in [0, 0.05) is 44.0 Å². The Labute approximate surface area is 154 Å². The number of aromatic nitrogens is 3. The van der Waals surface area contributed by atoms with Crippen molar-refractivity contribution in [3.8, 4) is 0 Å². The minimum Gasteiger partial charge on any atom is -0.376 e. The highest BCUT2D eigenvalue weighted by atomic mass is 16.5. The minimum absolute atomic E-state index is 0.0506. The van der Waals surface area contributed by atoms with E-state index in [1.54, 1.807) is 0 Å². The Kier molecular flexibility index (Phi) is 4.23. The largest absolute Gasteiger partial charge is 0.376 e. The summed E-state index contributed by atoms with van der Waals surface area (Å²) in [4.78, 5) is 14.0. The summed E-state index contributed by atoms with van der Waals surface area (Å²) in [6.07, 6.45) is 1.05. The quantitative estimate of drug-likeness (QED) is 0.833. The molecule has 0 N–H and O–H groups in total. The van der Waals surface area contributed by atoms with E-state index >= 15 is 0 Å². The molecule has 0 unspecified atom stereocenters. The van der Waals surface area contributed by atoms with Crippen LogP contribution in [-0.4, -0.2) is 53.8 Å². The lowest BCUT2D eigenvalue weighted by Crippen LogP contribution is -2.41. The number of likely N-dealkylation sites (tertiary alicyclic amines) is 1. The molecule has 0 bridgehead atoms. The molecule has 0 aromatic carbocycles. The minimum atomic E-state index is -0.0506. The maximum Gasteiger partial charge on any atom is 0.225 e. The van der Waals surface area contributed by atoms with E-state index in [9.17, 15) is 0 Å². The molecular formula is C19H27N5O2. The van der Waals surface area contributed by atoms with Crippen LogP contribution in [0, 0.1) is 20.8 Å². The number of ether oxygens (including phenoxy) is 1. The van der Waals surface area contributed by atoms with Crippen molar-refractivity contribution in [2.45, 2.75) is 45.8 Å². The van der Waals surface area contributed by atoms with Crippen molar-refractivity contribution in [2.24, 2.45) is 0 Å². The smallest absolute Gasteiger partial charge is 0.225 e. The van der Waals surface area contributed by atoms with E-state index in [4.69, 9.17) is 14.2 Å². The number of nitrogens with zero attached hydrogens (tertiary/aromatic N) is 5. The van der Waals surface area contributed by atoms with Gasteiger partial charge in [-0.25, -0.2) is 9.97 Å². The van der Waals surface area contributed by atoms with Gasteiger partial charge in [-0.15, -0.1) is 0 Å². The van der Waals surface area contributed by atoms with Crippen LogP contribution in [0.1, 0.15) is 40.4 Å². The Hall–Kier alpha value is -1.99. The molecule has 1 fully saturated rings. The Bertz CT molecular complexity index is 812. The van der Waals surface area contributed by atoms with Crippen LogP contribution in [0.25, 0.3) is 0 Å². The number of hydrogen-bond donors (Lipinski definition) is 0. The molecule has 1 atom stereocenters. The van der Waals surface area contributed by atoms with E-state index in [-0.39, 0.29) is 5.41 Å². The van der Waals surface area contributed by atoms with Gasteiger partial charge in [-0.3, -0.25) is 4.90 Å². The Morgan fingerprint density at radius 3 is 2.65 bits per heavy atom. The molecule has 2 aliphatic heterocycles. The van der Waals surface area contributed by atoms with Crippen molar-refractivity contribution in [1.29, 1.82) is 0 Å². The number of fused-ring (bicyclic) bond motifs is 2. The summed E-state index contributed by atoms with van der Waals surface area (Å²) < 4.78 is 11.3. The van der Waals surface area contributed by atoms with Gasteiger partial charge in [0.1, 0.15) is 5.76 Å². The summed E-state index contributed by atoms with van der Waals surface area (Å²) in [5.74, 6) is 1.70. The lowest BCUT2D eigenvalue weighted by molar-refractivity contribution is 0.0498. The van der Waals surface area contributed by atoms with Crippen molar-refractivity contribution < 1.29 is 9.26 Å². The molecule has 0 amide bonds. The van der Waals surface area contributed by atoms with Crippen LogP contribution in [0.4, 0.5) is 5.95 Å². The summed E-state index contributed by atoms with van der Waals surface area (Å²) in [6, 6.07) is 0. The average molecular weight is 357 g/mol. The molecule has 4 heterocycles. The molecule has 7 nitrogen and oxygen atoms in total. The zero-order valence-electron chi connectivity index (χ0n) is 16.3. The van der Waals surface area contributed by atoms with Gasteiger partial charge in [0.2, 0.25) is 5.95 Å². The van der Waals surface area contributed by atoms with E-state index in [0.29, 0.717) is 6.61 Å². The van der Waals surface area contributed by atoms with Gasteiger partial charge in [0.15, 0.2) is 0 Å². The topological polar surface area (TPSA) is 67.5 Å². The Morgan fingerprint density at radius 2 is 1.96 bits per heavy atom. The lowest BCUT2D eigenvalue weighted by atomic mass is 9.80. The molecule has 2 aromatic heterocycles. The first-order valence-electron chi connectivity index (χ1n) is 9.17. The van der Waals surface area contributed by atoms with Crippen molar-refractivity contribution in [3.63, 3.8) is 0 Å². The predicted octanol–water partition coefficient (Wildman–Crippen LogP) is 2.13. The summed E-state index contributed by atoms with van der Waals surface area (Å²) in [7, 11) is 3.98. The lowest BCUT2D eigenvalue weighted by Gasteiger charge is -2.35. The molecule has 140 valence electrons. The molecule has 2 aliphatic rings.